The van der Waals surface area contributed by atoms with E-state index in [0.29, 0.717) is 42.7 Å². The van der Waals surface area contributed by atoms with Crippen molar-refractivity contribution < 1.29 is 13.2 Å². The maximum absolute atomic E-state index is 12.2. The number of nitrogens with two attached hydrogens (primary N) is 1. The van der Waals surface area contributed by atoms with Gasteiger partial charge in [0.25, 0.3) is 0 Å². The van der Waals surface area contributed by atoms with E-state index in [1.807, 2.05) is 0 Å². The first-order valence-electron chi connectivity index (χ1n) is 6.87. The summed E-state index contributed by atoms with van der Waals surface area (Å²) in [5, 5.41) is 0.355. The lowest BCUT2D eigenvalue weighted by molar-refractivity contribution is 0.108. The monoisotopic (exact) mass is 334 g/mol. The molecular formula is C14H23ClN2O3S. The Labute approximate surface area is 131 Å². The highest BCUT2D eigenvalue weighted by Gasteiger charge is 2.17. The van der Waals surface area contributed by atoms with Crippen LogP contribution in [0.15, 0.2) is 17.0 Å². The molecule has 0 spiro atoms. The van der Waals surface area contributed by atoms with Gasteiger partial charge in [-0.25, -0.2) is 13.1 Å². The number of benzene rings is 1. The van der Waals surface area contributed by atoms with Crippen molar-refractivity contribution in [3.63, 3.8) is 0 Å². The molecule has 0 unspecified atom stereocenters. The van der Waals surface area contributed by atoms with Crippen molar-refractivity contribution in [1.82, 2.24) is 4.72 Å². The highest BCUT2D eigenvalue weighted by atomic mass is 35.5. The fourth-order valence-electron chi connectivity index (χ4n) is 1.74. The lowest BCUT2D eigenvalue weighted by atomic mass is 10.2. The SMILES string of the molecule is Cc1cc(Cl)c(N)cc1S(=O)(=O)NCCCOCC(C)C. The van der Waals surface area contributed by atoms with Crippen molar-refractivity contribution >= 4 is 27.3 Å². The quantitative estimate of drug-likeness (QED) is 0.565. The molecule has 0 atom stereocenters. The van der Waals surface area contributed by atoms with Crippen molar-refractivity contribution in [3.8, 4) is 0 Å². The molecule has 0 bridgehead atoms. The molecule has 0 aliphatic rings. The van der Waals surface area contributed by atoms with Gasteiger partial charge in [-0.05, 0) is 37.0 Å². The molecule has 1 rings (SSSR count). The number of ether oxygens (including phenoxy) is 1. The topological polar surface area (TPSA) is 81.4 Å². The van der Waals surface area contributed by atoms with E-state index in [1.165, 1.54) is 6.07 Å². The van der Waals surface area contributed by atoms with E-state index < -0.39 is 10.0 Å². The fraction of sp³-hybridized carbons (Fsp3) is 0.571. The summed E-state index contributed by atoms with van der Waals surface area (Å²) in [5.41, 5.74) is 6.48. The first-order chi connectivity index (χ1) is 9.74. The molecule has 0 heterocycles. The van der Waals surface area contributed by atoms with E-state index >= 15 is 0 Å². The van der Waals surface area contributed by atoms with Gasteiger partial charge < -0.3 is 10.5 Å². The van der Waals surface area contributed by atoms with Gasteiger partial charge in [0, 0.05) is 19.8 Å². The molecule has 0 saturated carbocycles. The van der Waals surface area contributed by atoms with Gasteiger partial charge in [-0.2, -0.15) is 0 Å². The average molecular weight is 335 g/mol. The first kappa shape index (κ1) is 18.2. The number of sulfonamides is 1. The van der Waals surface area contributed by atoms with Crippen molar-refractivity contribution in [2.75, 3.05) is 25.5 Å². The molecule has 0 amide bonds. The Bertz CT molecular complexity index is 574. The van der Waals surface area contributed by atoms with E-state index in [4.69, 9.17) is 22.1 Å². The number of hydrogen-bond donors (Lipinski definition) is 2. The van der Waals surface area contributed by atoms with E-state index in [-0.39, 0.29) is 10.6 Å². The van der Waals surface area contributed by atoms with Crippen LogP contribution in [-0.4, -0.2) is 28.2 Å². The van der Waals surface area contributed by atoms with Gasteiger partial charge in [0.15, 0.2) is 0 Å². The Morgan fingerprint density at radius 3 is 2.67 bits per heavy atom. The first-order valence-corrected chi connectivity index (χ1v) is 8.73. The standard InChI is InChI=1S/C14H23ClN2O3S/c1-10(2)9-20-6-4-5-17-21(18,19)14-8-13(16)12(15)7-11(14)3/h7-8,10,17H,4-6,9,16H2,1-3H3. The Morgan fingerprint density at radius 1 is 1.38 bits per heavy atom. The van der Waals surface area contributed by atoms with E-state index in [1.54, 1.807) is 13.0 Å². The zero-order valence-corrected chi connectivity index (χ0v) is 14.2. The van der Waals surface area contributed by atoms with Crippen molar-refractivity contribution in [2.45, 2.75) is 32.1 Å². The number of hydrogen-bond acceptors (Lipinski definition) is 4. The highest BCUT2D eigenvalue weighted by Crippen LogP contribution is 2.25. The summed E-state index contributed by atoms with van der Waals surface area (Å²) in [6.07, 6.45) is 0.619. The second-order valence-electron chi connectivity index (χ2n) is 5.36. The number of nitrogen functional groups attached to an aromatic ring is 1. The maximum atomic E-state index is 12.2. The number of halogens is 1. The minimum Gasteiger partial charge on any atom is -0.397 e. The minimum absolute atomic E-state index is 0.160. The van der Waals surface area contributed by atoms with Crippen LogP contribution >= 0.6 is 11.6 Å². The van der Waals surface area contributed by atoms with E-state index in [0.717, 1.165) is 0 Å². The molecule has 5 nitrogen and oxygen atoms in total. The van der Waals surface area contributed by atoms with E-state index in [9.17, 15) is 8.42 Å². The molecule has 0 aliphatic carbocycles. The van der Waals surface area contributed by atoms with Gasteiger partial charge in [0.05, 0.1) is 15.6 Å². The Hall–Kier alpha value is -0.820. The van der Waals surface area contributed by atoms with Gasteiger partial charge >= 0.3 is 0 Å². The summed E-state index contributed by atoms with van der Waals surface area (Å²) in [4.78, 5) is 0.160. The molecule has 21 heavy (non-hydrogen) atoms. The third-order valence-electron chi connectivity index (χ3n) is 2.79. The smallest absolute Gasteiger partial charge is 0.240 e. The summed E-state index contributed by atoms with van der Waals surface area (Å²) >= 11 is 5.87. The maximum Gasteiger partial charge on any atom is 0.240 e. The molecule has 7 heteroatoms. The van der Waals surface area contributed by atoms with Gasteiger partial charge in [-0.3, -0.25) is 0 Å². The summed E-state index contributed by atoms with van der Waals surface area (Å²) in [6.45, 7) is 7.35. The van der Waals surface area contributed by atoms with Crippen LogP contribution in [0.5, 0.6) is 0 Å². The number of anilines is 1. The van der Waals surface area contributed by atoms with Gasteiger partial charge in [0.1, 0.15) is 0 Å². The zero-order chi connectivity index (χ0) is 16.0. The molecule has 3 N–H and O–H groups in total. The molecule has 0 aromatic heterocycles. The summed E-state index contributed by atoms with van der Waals surface area (Å²) < 4.78 is 32.4. The predicted molar refractivity (Wildman–Crippen MR) is 86.1 cm³/mol. The third-order valence-corrected chi connectivity index (χ3v) is 4.72. The molecular weight excluding hydrogens is 312 g/mol. The van der Waals surface area contributed by atoms with Crippen molar-refractivity contribution in [2.24, 2.45) is 5.92 Å². The minimum atomic E-state index is -3.58. The van der Waals surface area contributed by atoms with Crippen LogP contribution < -0.4 is 10.5 Å². The number of aryl methyl sites for hydroxylation is 1. The third kappa shape index (κ3) is 5.82. The normalized spacial score (nSPS) is 12.0. The van der Waals surface area contributed by atoms with Crippen LogP contribution in [0, 0.1) is 12.8 Å². The van der Waals surface area contributed by atoms with Crippen LogP contribution in [-0.2, 0) is 14.8 Å². The molecule has 0 saturated heterocycles. The van der Waals surface area contributed by atoms with E-state index in [2.05, 4.69) is 18.6 Å². The van der Waals surface area contributed by atoms with Crippen LogP contribution in [0.2, 0.25) is 5.02 Å². The zero-order valence-electron chi connectivity index (χ0n) is 12.6. The number of rotatable bonds is 8. The summed E-state index contributed by atoms with van der Waals surface area (Å²) in [6, 6.07) is 2.94. The molecule has 0 fully saturated rings. The van der Waals surface area contributed by atoms with Crippen LogP contribution in [0.25, 0.3) is 0 Å². The molecule has 1 aromatic carbocycles. The van der Waals surface area contributed by atoms with Gasteiger partial charge in [0.2, 0.25) is 10.0 Å². The lowest BCUT2D eigenvalue weighted by Crippen LogP contribution is -2.26. The summed E-state index contributed by atoms with van der Waals surface area (Å²) in [5.74, 6) is 0.474. The fourth-order valence-corrected chi connectivity index (χ4v) is 3.29. The van der Waals surface area contributed by atoms with Crippen molar-refractivity contribution in [3.05, 3.63) is 22.7 Å². The molecule has 1 aromatic rings. The Morgan fingerprint density at radius 2 is 2.05 bits per heavy atom. The van der Waals surface area contributed by atoms with Crippen LogP contribution in [0.3, 0.4) is 0 Å². The largest absolute Gasteiger partial charge is 0.397 e. The molecule has 120 valence electrons. The second-order valence-corrected chi connectivity index (χ2v) is 7.50. The van der Waals surface area contributed by atoms with Crippen LogP contribution in [0.4, 0.5) is 5.69 Å². The molecule has 0 radical (unpaired) electrons. The van der Waals surface area contributed by atoms with Crippen molar-refractivity contribution in [1.29, 1.82) is 0 Å². The summed E-state index contributed by atoms with van der Waals surface area (Å²) in [7, 11) is -3.58. The average Bonchev–Trinajstić information content (AvgIpc) is 2.37. The number of nitrogens with one attached hydrogen (secondary N) is 1. The Balaban J connectivity index is 2.56. The predicted octanol–water partition coefficient (Wildman–Crippen LogP) is 2.57. The van der Waals surface area contributed by atoms with Gasteiger partial charge in [-0.1, -0.05) is 25.4 Å². The second kappa shape index (κ2) is 7.98. The molecule has 0 aliphatic heterocycles. The lowest BCUT2D eigenvalue weighted by Gasteiger charge is -2.11. The van der Waals surface area contributed by atoms with Crippen LogP contribution in [0.1, 0.15) is 25.8 Å². The Kier molecular flexibility index (Phi) is 6.93. The highest BCUT2D eigenvalue weighted by molar-refractivity contribution is 7.89. The van der Waals surface area contributed by atoms with Gasteiger partial charge in [-0.15, -0.1) is 0 Å².